The number of carbonyl (C=O) groups excluding carboxylic acids is 2. The van der Waals surface area contributed by atoms with Crippen LogP contribution in [0.3, 0.4) is 0 Å². The van der Waals surface area contributed by atoms with E-state index in [0.717, 1.165) is 11.3 Å². The van der Waals surface area contributed by atoms with Gasteiger partial charge in [0.2, 0.25) is 0 Å². The van der Waals surface area contributed by atoms with Gasteiger partial charge in [-0.3, -0.25) is 9.59 Å². The molecule has 1 aromatic carbocycles. The molecule has 2 amide bonds. The first-order valence-electron chi connectivity index (χ1n) is 7.58. The maximum Gasteiger partial charge on any atom is 0.291 e. The highest BCUT2D eigenvalue weighted by Gasteiger charge is 2.14. The lowest BCUT2D eigenvalue weighted by molar-refractivity contribution is 0.0995. The van der Waals surface area contributed by atoms with Crippen molar-refractivity contribution in [1.82, 2.24) is 0 Å². The molecule has 7 nitrogen and oxygen atoms in total. The number of ether oxygens (including phenoxy) is 2. The van der Waals surface area contributed by atoms with Crippen molar-refractivity contribution < 1.29 is 23.5 Å². The zero-order valence-corrected chi connectivity index (χ0v) is 14.9. The molecule has 0 radical (unpaired) electrons. The van der Waals surface area contributed by atoms with E-state index in [0.29, 0.717) is 27.1 Å². The maximum absolute atomic E-state index is 12.4. The predicted molar refractivity (Wildman–Crippen MR) is 98.5 cm³/mol. The van der Waals surface area contributed by atoms with E-state index < -0.39 is 0 Å². The highest BCUT2D eigenvalue weighted by Crippen LogP contribution is 2.28. The Kier molecular flexibility index (Phi) is 5.23. The van der Waals surface area contributed by atoms with Crippen molar-refractivity contribution in [3.05, 3.63) is 59.4 Å². The first-order valence-corrected chi connectivity index (χ1v) is 8.40. The van der Waals surface area contributed by atoms with Crippen LogP contribution in [0, 0.1) is 0 Å². The number of amides is 2. The van der Waals surface area contributed by atoms with E-state index >= 15 is 0 Å². The summed E-state index contributed by atoms with van der Waals surface area (Å²) in [5.41, 5.74) is 0.542. The quantitative estimate of drug-likeness (QED) is 0.686. The van der Waals surface area contributed by atoms with Gasteiger partial charge in [0.05, 0.1) is 30.4 Å². The third kappa shape index (κ3) is 4.04. The van der Waals surface area contributed by atoms with Gasteiger partial charge < -0.3 is 24.5 Å². The van der Waals surface area contributed by atoms with Gasteiger partial charge in [0, 0.05) is 23.9 Å². The molecule has 0 atom stereocenters. The molecule has 0 saturated carbocycles. The molecule has 0 aliphatic heterocycles. The largest absolute Gasteiger partial charge is 0.497 e. The monoisotopic (exact) mass is 372 g/mol. The van der Waals surface area contributed by atoms with Gasteiger partial charge >= 0.3 is 0 Å². The Hall–Kier alpha value is -3.26. The van der Waals surface area contributed by atoms with Crippen LogP contribution in [0.2, 0.25) is 0 Å². The second kappa shape index (κ2) is 7.75. The van der Waals surface area contributed by atoms with Crippen molar-refractivity contribution in [3.63, 3.8) is 0 Å². The van der Waals surface area contributed by atoms with Gasteiger partial charge in [-0.05, 0) is 24.3 Å². The van der Waals surface area contributed by atoms with Crippen LogP contribution in [0.15, 0.2) is 53.1 Å². The van der Waals surface area contributed by atoms with Crippen LogP contribution in [0.25, 0.3) is 0 Å². The summed E-state index contributed by atoms with van der Waals surface area (Å²) in [4.78, 5) is 24.8. The minimum atomic E-state index is -0.374. The summed E-state index contributed by atoms with van der Waals surface area (Å²) in [6.45, 7) is 0. The molecule has 8 heteroatoms. The van der Waals surface area contributed by atoms with E-state index in [1.807, 2.05) is 0 Å². The van der Waals surface area contributed by atoms with Crippen molar-refractivity contribution in [2.75, 3.05) is 24.9 Å². The first kappa shape index (κ1) is 17.6. The van der Waals surface area contributed by atoms with Crippen LogP contribution in [0.1, 0.15) is 20.2 Å². The zero-order valence-electron chi connectivity index (χ0n) is 14.1. The van der Waals surface area contributed by atoms with Gasteiger partial charge in [-0.15, -0.1) is 11.3 Å². The maximum atomic E-state index is 12.4. The van der Waals surface area contributed by atoms with Crippen LogP contribution in [0.4, 0.5) is 10.7 Å². The minimum absolute atomic E-state index is 0.202. The number of furan rings is 1. The number of methoxy groups -OCH3 is 2. The Balaban J connectivity index is 1.69. The SMILES string of the molecule is COc1cc(NC(=O)c2ccc(NC(=O)c3ccco3)s2)cc(OC)c1. The van der Waals surface area contributed by atoms with E-state index in [-0.39, 0.29) is 17.6 Å². The lowest BCUT2D eigenvalue weighted by atomic mass is 10.2. The molecule has 2 N–H and O–H groups in total. The van der Waals surface area contributed by atoms with Crippen molar-refractivity contribution in [2.24, 2.45) is 0 Å². The van der Waals surface area contributed by atoms with E-state index in [1.165, 1.54) is 20.5 Å². The van der Waals surface area contributed by atoms with Crippen LogP contribution >= 0.6 is 11.3 Å². The summed E-state index contributed by atoms with van der Waals surface area (Å²) in [7, 11) is 3.07. The molecular formula is C18H16N2O5S. The fourth-order valence-electron chi connectivity index (χ4n) is 2.18. The van der Waals surface area contributed by atoms with Crippen molar-refractivity contribution in [1.29, 1.82) is 0 Å². The van der Waals surface area contributed by atoms with Gasteiger partial charge in [-0.2, -0.15) is 0 Å². The smallest absolute Gasteiger partial charge is 0.291 e. The minimum Gasteiger partial charge on any atom is -0.497 e. The van der Waals surface area contributed by atoms with Crippen LogP contribution in [-0.2, 0) is 0 Å². The van der Waals surface area contributed by atoms with E-state index in [9.17, 15) is 9.59 Å². The lowest BCUT2D eigenvalue weighted by Crippen LogP contribution is -2.11. The normalized spacial score (nSPS) is 10.2. The van der Waals surface area contributed by atoms with Crippen molar-refractivity contribution in [3.8, 4) is 11.5 Å². The summed E-state index contributed by atoms with van der Waals surface area (Å²) < 4.78 is 15.4. The van der Waals surface area contributed by atoms with Crippen LogP contribution < -0.4 is 20.1 Å². The number of thiophene rings is 1. The molecule has 3 aromatic rings. The van der Waals surface area contributed by atoms with Gasteiger partial charge in [0.25, 0.3) is 11.8 Å². The molecule has 2 heterocycles. The van der Waals surface area contributed by atoms with Crippen molar-refractivity contribution >= 4 is 33.8 Å². The molecule has 0 fully saturated rings. The number of anilines is 2. The molecule has 3 rings (SSSR count). The van der Waals surface area contributed by atoms with Gasteiger partial charge in [-0.1, -0.05) is 0 Å². The Bertz CT molecular complexity index is 895. The summed E-state index contributed by atoms with van der Waals surface area (Å²) in [6.07, 6.45) is 1.42. The van der Waals surface area contributed by atoms with Gasteiger partial charge in [0.1, 0.15) is 11.5 Å². The number of rotatable bonds is 6. The van der Waals surface area contributed by atoms with E-state index in [1.54, 1.807) is 42.5 Å². The van der Waals surface area contributed by atoms with Gasteiger partial charge in [0.15, 0.2) is 5.76 Å². The number of carbonyl (C=O) groups is 2. The summed E-state index contributed by atoms with van der Waals surface area (Å²) >= 11 is 1.16. The predicted octanol–water partition coefficient (Wildman–Crippen LogP) is 3.86. The fourth-order valence-corrected chi connectivity index (χ4v) is 2.98. The molecule has 0 aliphatic carbocycles. The molecule has 0 aliphatic rings. The first-order chi connectivity index (χ1) is 12.6. The number of hydrogen-bond donors (Lipinski definition) is 2. The fraction of sp³-hybridized carbons (Fsp3) is 0.111. The molecule has 0 spiro atoms. The Morgan fingerprint density at radius 3 is 2.31 bits per heavy atom. The lowest BCUT2D eigenvalue weighted by Gasteiger charge is -2.09. The Morgan fingerprint density at radius 2 is 1.69 bits per heavy atom. The highest BCUT2D eigenvalue weighted by atomic mass is 32.1. The Morgan fingerprint density at radius 1 is 0.962 bits per heavy atom. The highest BCUT2D eigenvalue weighted by molar-refractivity contribution is 7.18. The molecule has 0 saturated heterocycles. The average Bonchev–Trinajstić information content (AvgIpc) is 3.33. The summed E-state index contributed by atoms with van der Waals surface area (Å²) in [5.74, 6) is 0.660. The van der Waals surface area contributed by atoms with Crippen LogP contribution in [-0.4, -0.2) is 26.0 Å². The van der Waals surface area contributed by atoms with Crippen LogP contribution in [0.5, 0.6) is 11.5 Å². The van der Waals surface area contributed by atoms with E-state index in [2.05, 4.69) is 10.6 Å². The zero-order chi connectivity index (χ0) is 18.5. The standard InChI is InChI=1S/C18H16N2O5S/c1-23-12-8-11(9-13(10-12)24-2)19-18(22)15-5-6-16(26-15)20-17(21)14-4-3-7-25-14/h3-10H,1-2H3,(H,19,22)(H,20,21). The summed E-state index contributed by atoms with van der Waals surface area (Å²) in [5, 5.41) is 6.01. The molecule has 0 bridgehead atoms. The summed E-state index contributed by atoms with van der Waals surface area (Å²) in [6, 6.07) is 11.6. The van der Waals surface area contributed by atoms with Crippen molar-refractivity contribution in [2.45, 2.75) is 0 Å². The molecule has 2 aromatic heterocycles. The third-order valence-electron chi connectivity index (χ3n) is 3.42. The third-order valence-corrected chi connectivity index (χ3v) is 4.42. The average molecular weight is 372 g/mol. The number of hydrogen-bond acceptors (Lipinski definition) is 6. The second-order valence-corrected chi connectivity index (χ2v) is 6.23. The van der Waals surface area contributed by atoms with E-state index in [4.69, 9.17) is 13.9 Å². The number of benzene rings is 1. The molecular weight excluding hydrogens is 356 g/mol. The Labute approximate surface area is 153 Å². The topological polar surface area (TPSA) is 89.8 Å². The molecule has 26 heavy (non-hydrogen) atoms. The number of nitrogens with one attached hydrogen (secondary N) is 2. The molecule has 0 unspecified atom stereocenters. The second-order valence-electron chi connectivity index (χ2n) is 5.15. The molecule has 134 valence electrons. The van der Waals surface area contributed by atoms with Gasteiger partial charge in [-0.25, -0.2) is 0 Å².